The molecule has 216 valence electrons. The van der Waals surface area contributed by atoms with Gasteiger partial charge in [0.1, 0.15) is 34.9 Å². The lowest BCUT2D eigenvalue weighted by Crippen LogP contribution is -2.38. The number of hydrogen-bond donors (Lipinski definition) is 4. The molecule has 0 bridgehead atoms. The predicted octanol–water partition coefficient (Wildman–Crippen LogP) is 7.26. The van der Waals surface area contributed by atoms with Gasteiger partial charge in [-0.15, -0.1) is 12.4 Å². The van der Waals surface area contributed by atoms with E-state index in [0.717, 1.165) is 34.8 Å². The third-order valence-electron chi connectivity index (χ3n) is 6.36. The molecule has 0 spiro atoms. The fourth-order valence-electron chi connectivity index (χ4n) is 4.18. The van der Waals surface area contributed by atoms with Crippen LogP contribution in [0.15, 0.2) is 57.4 Å². The maximum absolute atomic E-state index is 10.2. The minimum atomic E-state index is -0.615. The summed E-state index contributed by atoms with van der Waals surface area (Å²) < 4.78 is 11.7. The highest BCUT2D eigenvalue weighted by atomic mass is 35.5. The number of rotatable bonds is 8. The lowest BCUT2D eigenvalue weighted by Gasteiger charge is -2.22. The summed E-state index contributed by atoms with van der Waals surface area (Å²) in [6, 6.07) is 16.1. The van der Waals surface area contributed by atoms with Crippen molar-refractivity contribution in [3.8, 4) is 0 Å². The number of aliphatic hydroxyl groups excluding tert-OH is 2. The number of halogens is 1. The van der Waals surface area contributed by atoms with Crippen LogP contribution < -0.4 is 10.6 Å². The normalized spacial score (nSPS) is 13.6. The molecule has 0 radical (unpaired) electrons. The Morgan fingerprint density at radius 1 is 0.667 bits per heavy atom. The van der Waals surface area contributed by atoms with Gasteiger partial charge in [-0.05, 0) is 77.6 Å². The second kappa shape index (κ2) is 13.8. The quantitative estimate of drug-likeness (QED) is 0.182. The first kappa shape index (κ1) is 32.9. The molecule has 2 aromatic carbocycles. The number of fused-ring (bicyclic) bond motifs is 2. The van der Waals surface area contributed by atoms with Gasteiger partial charge in [0.15, 0.2) is 0 Å². The Kier molecular flexibility index (Phi) is 11.6. The highest BCUT2D eigenvalue weighted by Gasteiger charge is 2.19. The largest absolute Gasteiger partial charge is 0.458 e. The Morgan fingerprint density at radius 2 is 1.03 bits per heavy atom. The maximum Gasteiger partial charge on any atom is 0.137 e. The molecule has 39 heavy (non-hydrogen) atoms. The summed E-state index contributed by atoms with van der Waals surface area (Å²) in [4.78, 5) is 0. The van der Waals surface area contributed by atoms with Crippen molar-refractivity contribution >= 4 is 34.3 Å². The van der Waals surface area contributed by atoms with Crippen molar-refractivity contribution in [2.24, 2.45) is 0 Å². The third-order valence-corrected chi connectivity index (χ3v) is 6.36. The first-order valence-corrected chi connectivity index (χ1v) is 13.7. The van der Waals surface area contributed by atoms with Crippen LogP contribution >= 0.6 is 12.4 Å². The minimum absolute atomic E-state index is 0. The molecule has 0 saturated heterocycles. The van der Waals surface area contributed by atoms with Crippen molar-refractivity contribution in [1.82, 2.24) is 10.6 Å². The molecular weight excluding hydrogens is 512 g/mol. The van der Waals surface area contributed by atoms with E-state index in [9.17, 15) is 10.2 Å². The Balaban J connectivity index is 0.000000267. The number of aryl methyl sites for hydroxylation is 2. The highest BCUT2D eigenvalue weighted by Crippen LogP contribution is 2.28. The number of furan rings is 2. The van der Waals surface area contributed by atoms with Gasteiger partial charge in [0.05, 0.1) is 0 Å². The van der Waals surface area contributed by atoms with E-state index in [4.69, 9.17) is 8.83 Å². The first-order chi connectivity index (χ1) is 17.8. The molecule has 0 aliphatic rings. The van der Waals surface area contributed by atoms with Gasteiger partial charge < -0.3 is 29.7 Å². The van der Waals surface area contributed by atoms with Crippen LogP contribution in [-0.2, 0) is 12.8 Å². The second-order valence-electron chi connectivity index (χ2n) is 12.0. The average Bonchev–Trinajstić information content (AvgIpc) is 3.49. The van der Waals surface area contributed by atoms with Crippen molar-refractivity contribution in [3.05, 3.63) is 71.2 Å². The van der Waals surface area contributed by atoms with Gasteiger partial charge in [-0.1, -0.05) is 50.2 Å². The van der Waals surface area contributed by atoms with Gasteiger partial charge in [0.25, 0.3) is 0 Å². The van der Waals surface area contributed by atoms with E-state index >= 15 is 0 Å². The van der Waals surface area contributed by atoms with E-state index in [1.807, 2.05) is 36.4 Å². The lowest BCUT2D eigenvalue weighted by molar-refractivity contribution is 0.140. The van der Waals surface area contributed by atoms with E-state index in [0.29, 0.717) is 24.6 Å². The number of benzene rings is 2. The molecule has 7 heteroatoms. The van der Waals surface area contributed by atoms with Crippen LogP contribution in [0.2, 0.25) is 0 Å². The molecule has 6 nitrogen and oxygen atoms in total. The summed E-state index contributed by atoms with van der Waals surface area (Å²) in [5, 5.41) is 29.1. The van der Waals surface area contributed by atoms with Crippen LogP contribution in [0.1, 0.15) is 90.2 Å². The van der Waals surface area contributed by atoms with Gasteiger partial charge in [-0.25, -0.2) is 0 Å². The number of para-hydroxylation sites is 2. The molecule has 0 aliphatic heterocycles. The molecule has 0 saturated carbocycles. The average molecular weight is 559 g/mol. The Morgan fingerprint density at radius 3 is 1.33 bits per heavy atom. The van der Waals surface area contributed by atoms with E-state index in [-0.39, 0.29) is 23.5 Å². The van der Waals surface area contributed by atoms with Crippen LogP contribution in [0, 0.1) is 0 Å². The predicted molar refractivity (Wildman–Crippen MR) is 164 cm³/mol. The van der Waals surface area contributed by atoms with Crippen molar-refractivity contribution in [1.29, 1.82) is 0 Å². The zero-order valence-electron chi connectivity index (χ0n) is 24.7. The SMILES string of the molecule is CCc1cccc2cc(C(O)CNC(C)(C)C)oc12.CCc1cccc2cc(C(O)CNC(C)(C)C)oc12.Cl. The minimum Gasteiger partial charge on any atom is -0.458 e. The van der Waals surface area contributed by atoms with Crippen molar-refractivity contribution in [2.75, 3.05) is 13.1 Å². The molecule has 2 unspecified atom stereocenters. The summed E-state index contributed by atoms with van der Waals surface area (Å²) in [7, 11) is 0. The Bertz CT molecular complexity index is 1210. The summed E-state index contributed by atoms with van der Waals surface area (Å²) in [6.45, 7) is 17.7. The van der Waals surface area contributed by atoms with E-state index in [1.54, 1.807) is 0 Å². The summed E-state index contributed by atoms with van der Waals surface area (Å²) in [5.74, 6) is 1.26. The molecule has 4 aromatic rings. The number of aliphatic hydroxyl groups is 2. The number of hydrogen-bond acceptors (Lipinski definition) is 6. The van der Waals surface area contributed by atoms with E-state index < -0.39 is 12.2 Å². The molecule has 4 rings (SSSR count). The van der Waals surface area contributed by atoms with Gasteiger partial charge in [0, 0.05) is 34.9 Å². The third kappa shape index (κ3) is 9.37. The van der Waals surface area contributed by atoms with Crippen molar-refractivity contribution in [2.45, 2.75) is 91.5 Å². The van der Waals surface area contributed by atoms with Crippen LogP contribution in [0.5, 0.6) is 0 Å². The molecular formula is C32H47ClN2O4. The Labute approximate surface area is 239 Å². The Hall–Kier alpha value is -2.35. The molecule has 2 aromatic heterocycles. The van der Waals surface area contributed by atoms with Crippen molar-refractivity contribution < 1.29 is 19.0 Å². The topological polar surface area (TPSA) is 90.8 Å². The summed E-state index contributed by atoms with van der Waals surface area (Å²) in [6.07, 6.45) is 0.633. The number of nitrogens with one attached hydrogen (secondary N) is 2. The first-order valence-electron chi connectivity index (χ1n) is 13.7. The molecule has 0 fully saturated rings. The fraction of sp³-hybridized carbons (Fsp3) is 0.500. The standard InChI is InChI=1S/2C16H23NO2.ClH/c2*1-5-11-7-6-8-12-9-14(19-15(11)12)13(18)10-17-16(2,3)4;/h2*6-9,13,17-18H,5,10H2,1-4H3;1H. The fourth-order valence-corrected chi connectivity index (χ4v) is 4.18. The van der Waals surface area contributed by atoms with Crippen LogP contribution in [0.4, 0.5) is 0 Å². The molecule has 0 aliphatic carbocycles. The zero-order valence-corrected chi connectivity index (χ0v) is 25.5. The molecule has 4 N–H and O–H groups in total. The van der Waals surface area contributed by atoms with Gasteiger partial charge >= 0.3 is 0 Å². The van der Waals surface area contributed by atoms with Gasteiger partial charge in [0.2, 0.25) is 0 Å². The highest BCUT2D eigenvalue weighted by molar-refractivity contribution is 5.85. The van der Waals surface area contributed by atoms with Gasteiger partial charge in [-0.3, -0.25) is 0 Å². The van der Waals surface area contributed by atoms with Crippen LogP contribution in [0.3, 0.4) is 0 Å². The summed E-state index contributed by atoms with van der Waals surface area (Å²) in [5.41, 5.74) is 4.13. The number of β-amino-alcohol motifs (C(OH)–C–C–N with tert-alkyl or cyclic N) is 2. The smallest absolute Gasteiger partial charge is 0.137 e. The van der Waals surface area contributed by atoms with E-state index in [1.165, 1.54) is 11.1 Å². The van der Waals surface area contributed by atoms with Crippen LogP contribution in [0.25, 0.3) is 21.9 Å². The zero-order chi connectivity index (χ0) is 28.1. The van der Waals surface area contributed by atoms with Crippen LogP contribution in [-0.4, -0.2) is 34.4 Å². The van der Waals surface area contributed by atoms with E-state index in [2.05, 4.69) is 78.2 Å². The maximum atomic E-state index is 10.2. The van der Waals surface area contributed by atoms with Crippen molar-refractivity contribution in [3.63, 3.8) is 0 Å². The lowest BCUT2D eigenvalue weighted by atomic mass is 10.1. The summed E-state index contributed by atoms with van der Waals surface area (Å²) >= 11 is 0. The second-order valence-corrected chi connectivity index (χ2v) is 12.0. The molecule has 2 heterocycles. The van der Waals surface area contributed by atoms with Gasteiger partial charge in [-0.2, -0.15) is 0 Å². The molecule has 0 amide bonds. The monoisotopic (exact) mass is 558 g/mol. The molecule has 2 atom stereocenters.